The van der Waals surface area contributed by atoms with Gasteiger partial charge >= 0.3 is 0 Å². The first-order valence-corrected chi connectivity index (χ1v) is 7.53. The molecule has 1 aliphatic rings. The third-order valence-electron chi connectivity index (χ3n) is 3.65. The molecular weight excluding hydrogens is 272 g/mol. The molecule has 0 saturated carbocycles. The highest BCUT2D eigenvalue weighted by molar-refractivity contribution is 5.95. The van der Waals surface area contributed by atoms with Crippen molar-refractivity contribution >= 4 is 11.6 Å². The molecule has 1 heterocycles. The molecule has 2 aromatic carbocycles. The van der Waals surface area contributed by atoms with E-state index in [1.54, 1.807) is 0 Å². The summed E-state index contributed by atoms with van der Waals surface area (Å²) >= 11 is 0. The SMILES string of the molecule is O=C(Nc1ccc(C#Cc2ccccc2)cc1)C1CCCN1. The molecule has 22 heavy (non-hydrogen) atoms. The van der Waals surface area contributed by atoms with Crippen LogP contribution in [0.25, 0.3) is 0 Å². The Hall–Kier alpha value is -2.57. The van der Waals surface area contributed by atoms with Crippen molar-refractivity contribution in [1.82, 2.24) is 5.32 Å². The zero-order valence-electron chi connectivity index (χ0n) is 12.3. The lowest BCUT2D eigenvalue weighted by Gasteiger charge is -2.10. The molecule has 3 nitrogen and oxygen atoms in total. The van der Waals surface area contributed by atoms with Crippen molar-refractivity contribution < 1.29 is 4.79 Å². The fourth-order valence-electron chi connectivity index (χ4n) is 2.44. The highest BCUT2D eigenvalue weighted by atomic mass is 16.2. The zero-order chi connectivity index (χ0) is 15.2. The smallest absolute Gasteiger partial charge is 0.241 e. The van der Waals surface area contributed by atoms with E-state index in [9.17, 15) is 4.79 Å². The van der Waals surface area contributed by atoms with Crippen molar-refractivity contribution in [2.45, 2.75) is 18.9 Å². The summed E-state index contributed by atoms with van der Waals surface area (Å²) in [5, 5.41) is 6.13. The van der Waals surface area contributed by atoms with Gasteiger partial charge in [-0.25, -0.2) is 0 Å². The summed E-state index contributed by atoms with van der Waals surface area (Å²) in [5.41, 5.74) is 2.73. The largest absolute Gasteiger partial charge is 0.325 e. The molecule has 110 valence electrons. The Morgan fingerprint density at radius 2 is 1.68 bits per heavy atom. The summed E-state index contributed by atoms with van der Waals surface area (Å²) in [6.07, 6.45) is 1.97. The van der Waals surface area contributed by atoms with Gasteiger partial charge < -0.3 is 10.6 Å². The van der Waals surface area contributed by atoms with Crippen LogP contribution in [0.15, 0.2) is 54.6 Å². The molecule has 1 aliphatic heterocycles. The van der Waals surface area contributed by atoms with Crippen LogP contribution in [0, 0.1) is 11.8 Å². The van der Waals surface area contributed by atoms with Crippen LogP contribution in [0.2, 0.25) is 0 Å². The second-order valence-electron chi connectivity index (χ2n) is 5.33. The van der Waals surface area contributed by atoms with Crippen molar-refractivity contribution in [2.75, 3.05) is 11.9 Å². The zero-order valence-corrected chi connectivity index (χ0v) is 12.3. The molecule has 3 heteroatoms. The van der Waals surface area contributed by atoms with Gasteiger partial charge in [-0.2, -0.15) is 0 Å². The van der Waals surface area contributed by atoms with Crippen LogP contribution in [0.4, 0.5) is 5.69 Å². The number of amides is 1. The van der Waals surface area contributed by atoms with Gasteiger partial charge in [0.05, 0.1) is 6.04 Å². The lowest BCUT2D eigenvalue weighted by molar-refractivity contribution is -0.117. The molecule has 1 unspecified atom stereocenters. The number of benzene rings is 2. The topological polar surface area (TPSA) is 41.1 Å². The molecule has 1 atom stereocenters. The van der Waals surface area contributed by atoms with Crippen molar-refractivity contribution in [1.29, 1.82) is 0 Å². The van der Waals surface area contributed by atoms with E-state index in [1.165, 1.54) is 0 Å². The Morgan fingerprint density at radius 3 is 2.32 bits per heavy atom. The Labute approximate surface area is 130 Å². The lowest BCUT2D eigenvalue weighted by atomic mass is 10.1. The maximum absolute atomic E-state index is 12.0. The summed E-state index contributed by atoms with van der Waals surface area (Å²) < 4.78 is 0. The van der Waals surface area contributed by atoms with Gasteiger partial charge in [0, 0.05) is 16.8 Å². The van der Waals surface area contributed by atoms with Crippen LogP contribution in [0.3, 0.4) is 0 Å². The van der Waals surface area contributed by atoms with E-state index in [-0.39, 0.29) is 11.9 Å². The summed E-state index contributed by atoms with van der Waals surface area (Å²) in [7, 11) is 0. The lowest BCUT2D eigenvalue weighted by Crippen LogP contribution is -2.35. The fourth-order valence-corrected chi connectivity index (χ4v) is 2.44. The minimum atomic E-state index is -0.0578. The molecule has 1 saturated heterocycles. The average Bonchev–Trinajstić information content (AvgIpc) is 3.10. The summed E-state index contributed by atoms with van der Waals surface area (Å²) in [6.45, 7) is 0.923. The predicted octanol–water partition coefficient (Wildman–Crippen LogP) is 2.78. The number of nitrogens with one attached hydrogen (secondary N) is 2. The van der Waals surface area contributed by atoms with Crippen LogP contribution in [0.5, 0.6) is 0 Å². The second-order valence-corrected chi connectivity index (χ2v) is 5.33. The van der Waals surface area contributed by atoms with E-state index in [4.69, 9.17) is 0 Å². The first-order valence-electron chi connectivity index (χ1n) is 7.53. The summed E-state index contributed by atoms with van der Waals surface area (Å²) in [4.78, 5) is 12.0. The van der Waals surface area contributed by atoms with Crippen molar-refractivity contribution in [3.8, 4) is 11.8 Å². The molecule has 0 spiro atoms. The number of anilines is 1. The fraction of sp³-hybridized carbons (Fsp3) is 0.211. The average molecular weight is 290 g/mol. The van der Waals surface area contributed by atoms with E-state index in [0.717, 1.165) is 36.2 Å². The Kier molecular flexibility index (Phi) is 4.53. The minimum Gasteiger partial charge on any atom is -0.325 e. The maximum atomic E-state index is 12.0. The van der Waals surface area contributed by atoms with E-state index in [0.29, 0.717) is 0 Å². The van der Waals surface area contributed by atoms with Crippen LogP contribution in [0.1, 0.15) is 24.0 Å². The number of rotatable bonds is 2. The first kappa shape index (κ1) is 14.4. The molecular formula is C19H18N2O. The number of carbonyl (C=O) groups excluding carboxylic acids is 1. The van der Waals surface area contributed by atoms with Gasteiger partial charge in [0.2, 0.25) is 5.91 Å². The standard InChI is InChI=1S/C19H18N2O/c22-19(18-7-4-14-20-18)21-17-12-10-16(11-13-17)9-8-15-5-2-1-3-6-15/h1-3,5-6,10-13,18,20H,4,7,14H2,(H,21,22). The summed E-state index contributed by atoms with van der Waals surface area (Å²) in [5.74, 6) is 6.28. The van der Waals surface area contributed by atoms with Crippen LogP contribution in [-0.4, -0.2) is 18.5 Å². The molecule has 1 amide bonds. The van der Waals surface area contributed by atoms with Crippen LogP contribution in [-0.2, 0) is 4.79 Å². The Balaban J connectivity index is 1.63. The van der Waals surface area contributed by atoms with E-state index in [1.807, 2.05) is 54.6 Å². The van der Waals surface area contributed by atoms with Gasteiger partial charge in [-0.1, -0.05) is 30.0 Å². The normalized spacial score (nSPS) is 16.6. The molecule has 0 bridgehead atoms. The molecule has 1 fully saturated rings. The molecule has 0 aliphatic carbocycles. The predicted molar refractivity (Wildman–Crippen MR) is 88.5 cm³/mol. The van der Waals surface area contributed by atoms with Gasteiger partial charge in [-0.3, -0.25) is 4.79 Å². The van der Waals surface area contributed by atoms with Gasteiger partial charge in [0.1, 0.15) is 0 Å². The third-order valence-corrected chi connectivity index (χ3v) is 3.65. The number of hydrogen-bond donors (Lipinski definition) is 2. The van der Waals surface area contributed by atoms with Gasteiger partial charge in [-0.15, -0.1) is 0 Å². The van der Waals surface area contributed by atoms with Crippen molar-refractivity contribution in [3.05, 3.63) is 65.7 Å². The van der Waals surface area contributed by atoms with Crippen LogP contribution >= 0.6 is 0 Å². The monoisotopic (exact) mass is 290 g/mol. The molecule has 2 N–H and O–H groups in total. The molecule has 3 rings (SSSR count). The maximum Gasteiger partial charge on any atom is 0.241 e. The van der Waals surface area contributed by atoms with Crippen molar-refractivity contribution in [2.24, 2.45) is 0 Å². The number of carbonyl (C=O) groups is 1. The van der Waals surface area contributed by atoms with Crippen LogP contribution < -0.4 is 10.6 Å². The molecule has 0 radical (unpaired) electrons. The molecule has 0 aromatic heterocycles. The van der Waals surface area contributed by atoms with E-state index < -0.39 is 0 Å². The Bertz CT molecular complexity index is 690. The van der Waals surface area contributed by atoms with Gasteiger partial charge in [0.25, 0.3) is 0 Å². The Morgan fingerprint density at radius 1 is 1.00 bits per heavy atom. The van der Waals surface area contributed by atoms with Gasteiger partial charge in [-0.05, 0) is 55.8 Å². The first-order chi connectivity index (χ1) is 10.8. The highest BCUT2D eigenvalue weighted by Gasteiger charge is 2.21. The summed E-state index contributed by atoms with van der Waals surface area (Å²) in [6, 6.07) is 17.5. The van der Waals surface area contributed by atoms with Crippen molar-refractivity contribution in [3.63, 3.8) is 0 Å². The third kappa shape index (κ3) is 3.75. The highest BCUT2D eigenvalue weighted by Crippen LogP contribution is 2.12. The molecule has 2 aromatic rings. The van der Waals surface area contributed by atoms with E-state index >= 15 is 0 Å². The quantitative estimate of drug-likeness (QED) is 0.835. The second kappa shape index (κ2) is 6.93. The van der Waals surface area contributed by atoms with Gasteiger partial charge in [0.15, 0.2) is 0 Å². The van der Waals surface area contributed by atoms with E-state index in [2.05, 4.69) is 22.5 Å². The minimum absolute atomic E-state index is 0.0422. The number of hydrogen-bond acceptors (Lipinski definition) is 2.